The molecule has 1 aliphatic carbocycles. The molecule has 0 radical (unpaired) electrons. The standard InChI is InChI=1S/C12H21NO/c1-4-10(3)9-13(5-2)11-6-7-12(14)8-11/h8,10H,4-7,9H2,1-3H3. The van der Waals surface area contributed by atoms with Gasteiger partial charge in [-0.2, -0.15) is 0 Å². The fourth-order valence-electron chi connectivity index (χ4n) is 1.79. The highest BCUT2D eigenvalue weighted by molar-refractivity contribution is 5.92. The molecule has 0 amide bonds. The van der Waals surface area contributed by atoms with Crippen molar-refractivity contribution in [2.24, 2.45) is 5.92 Å². The van der Waals surface area contributed by atoms with Gasteiger partial charge in [0.25, 0.3) is 0 Å². The van der Waals surface area contributed by atoms with Crippen molar-refractivity contribution in [3.05, 3.63) is 11.8 Å². The first kappa shape index (κ1) is 11.3. The maximum absolute atomic E-state index is 11.1. The molecule has 1 atom stereocenters. The molecule has 0 bridgehead atoms. The van der Waals surface area contributed by atoms with Crippen LogP contribution >= 0.6 is 0 Å². The zero-order valence-corrected chi connectivity index (χ0v) is 9.55. The van der Waals surface area contributed by atoms with E-state index in [1.165, 1.54) is 12.1 Å². The first-order chi connectivity index (χ1) is 6.67. The maximum Gasteiger partial charge on any atom is 0.157 e. The van der Waals surface area contributed by atoms with Gasteiger partial charge in [-0.05, 0) is 19.3 Å². The molecule has 0 aromatic rings. The Bertz CT molecular complexity index is 232. The van der Waals surface area contributed by atoms with Crippen molar-refractivity contribution in [3.63, 3.8) is 0 Å². The van der Waals surface area contributed by atoms with Gasteiger partial charge in [0, 0.05) is 31.3 Å². The van der Waals surface area contributed by atoms with Gasteiger partial charge >= 0.3 is 0 Å². The van der Waals surface area contributed by atoms with Crippen LogP contribution in [0.25, 0.3) is 0 Å². The van der Waals surface area contributed by atoms with Crippen molar-refractivity contribution in [1.29, 1.82) is 0 Å². The van der Waals surface area contributed by atoms with Crippen molar-refractivity contribution < 1.29 is 4.79 Å². The number of ketones is 1. The molecule has 0 aliphatic heterocycles. The van der Waals surface area contributed by atoms with Crippen LogP contribution < -0.4 is 0 Å². The summed E-state index contributed by atoms with van der Waals surface area (Å²) >= 11 is 0. The van der Waals surface area contributed by atoms with Gasteiger partial charge in [-0.1, -0.05) is 20.3 Å². The van der Waals surface area contributed by atoms with Gasteiger partial charge in [0.1, 0.15) is 0 Å². The Morgan fingerprint density at radius 2 is 2.14 bits per heavy atom. The molecule has 2 heteroatoms. The molecule has 0 spiro atoms. The summed E-state index contributed by atoms with van der Waals surface area (Å²) in [4.78, 5) is 13.5. The lowest BCUT2D eigenvalue weighted by molar-refractivity contribution is -0.114. The quantitative estimate of drug-likeness (QED) is 0.672. The Morgan fingerprint density at radius 3 is 2.57 bits per heavy atom. The third kappa shape index (κ3) is 2.86. The molecule has 1 unspecified atom stereocenters. The van der Waals surface area contributed by atoms with Crippen LogP contribution in [0.4, 0.5) is 0 Å². The lowest BCUT2D eigenvalue weighted by Crippen LogP contribution is -2.27. The smallest absolute Gasteiger partial charge is 0.157 e. The largest absolute Gasteiger partial charge is 0.375 e. The fourth-order valence-corrected chi connectivity index (χ4v) is 1.79. The second-order valence-electron chi connectivity index (χ2n) is 4.15. The second-order valence-corrected chi connectivity index (χ2v) is 4.15. The predicted octanol–water partition coefficient (Wildman–Crippen LogP) is 2.60. The summed E-state index contributed by atoms with van der Waals surface area (Å²) in [5, 5.41) is 0. The maximum atomic E-state index is 11.1. The molecule has 0 aromatic carbocycles. The van der Waals surface area contributed by atoms with Crippen molar-refractivity contribution in [1.82, 2.24) is 4.90 Å². The molecule has 0 aromatic heterocycles. The first-order valence-electron chi connectivity index (χ1n) is 5.65. The van der Waals surface area contributed by atoms with E-state index < -0.39 is 0 Å². The summed E-state index contributed by atoms with van der Waals surface area (Å²) in [7, 11) is 0. The first-order valence-corrected chi connectivity index (χ1v) is 5.65. The van der Waals surface area contributed by atoms with Gasteiger partial charge in [0.2, 0.25) is 0 Å². The van der Waals surface area contributed by atoms with E-state index in [2.05, 4.69) is 25.7 Å². The number of carbonyl (C=O) groups excluding carboxylic acids is 1. The SMILES string of the molecule is CCC(C)CN(CC)C1=CC(=O)CC1. The van der Waals surface area contributed by atoms with Crippen molar-refractivity contribution in [3.8, 4) is 0 Å². The molecular formula is C12H21NO. The minimum absolute atomic E-state index is 0.294. The van der Waals surface area contributed by atoms with Crippen LogP contribution in [0.2, 0.25) is 0 Å². The van der Waals surface area contributed by atoms with Gasteiger partial charge in [0.05, 0.1) is 0 Å². The van der Waals surface area contributed by atoms with Crippen LogP contribution in [0.15, 0.2) is 11.8 Å². The van der Waals surface area contributed by atoms with E-state index in [4.69, 9.17) is 0 Å². The molecule has 0 saturated heterocycles. The summed E-state index contributed by atoms with van der Waals surface area (Å²) in [6, 6.07) is 0. The summed E-state index contributed by atoms with van der Waals surface area (Å²) in [5.74, 6) is 1.01. The molecule has 2 nitrogen and oxygen atoms in total. The number of hydrogen-bond donors (Lipinski definition) is 0. The van der Waals surface area contributed by atoms with E-state index in [0.29, 0.717) is 18.1 Å². The van der Waals surface area contributed by atoms with E-state index >= 15 is 0 Å². The van der Waals surface area contributed by atoms with Crippen molar-refractivity contribution >= 4 is 5.78 Å². The summed E-state index contributed by atoms with van der Waals surface area (Å²) in [6.45, 7) is 8.74. The highest BCUT2D eigenvalue weighted by Gasteiger charge is 2.17. The lowest BCUT2D eigenvalue weighted by atomic mass is 10.1. The van der Waals surface area contributed by atoms with Crippen LogP contribution in [0, 0.1) is 5.92 Å². The van der Waals surface area contributed by atoms with Crippen LogP contribution in [0.5, 0.6) is 0 Å². The summed E-state index contributed by atoms with van der Waals surface area (Å²) < 4.78 is 0. The van der Waals surface area contributed by atoms with Gasteiger partial charge in [-0.3, -0.25) is 4.79 Å². The molecular weight excluding hydrogens is 174 g/mol. The average molecular weight is 195 g/mol. The zero-order chi connectivity index (χ0) is 10.6. The number of nitrogens with zero attached hydrogens (tertiary/aromatic N) is 1. The predicted molar refractivity (Wildman–Crippen MR) is 59.0 cm³/mol. The Hall–Kier alpha value is -0.790. The normalized spacial score (nSPS) is 18.2. The fraction of sp³-hybridized carbons (Fsp3) is 0.750. The number of hydrogen-bond acceptors (Lipinski definition) is 2. The Morgan fingerprint density at radius 1 is 1.43 bits per heavy atom. The topological polar surface area (TPSA) is 20.3 Å². The monoisotopic (exact) mass is 195 g/mol. The van der Waals surface area contributed by atoms with E-state index in [9.17, 15) is 4.79 Å². The van der Waals surface area contributed by atoms with Crippen LogP contribution in [-0.2, 0) is 4.79 Å². The van der Waals surface area contributed by atoms with Gasteiger partial charge in [-0.25, -0.2) is 0 Å². The number of allylic oxidation sites excluding steroid dienone is 2. The minimum atomic E-state index is 0.294. The van der Waals surface area contributed by atoms with Crippen molar-refractivity contribution in [2.45, 2.75) is 40.0 Å². The van der Waals surface area contributed by atoms with E-state index in [0.717, 1.165) is 19.5 Å². The van der Waals surface area contributed by atoms with Crippen LogP contribution in [0.1, 0.15) is 40.0 Å². The molecule has 0 heterocycles. The van der Waals surface area contributed by atoms with Crippen LogP contribution in [-0.4, -0.2) is 23.8 Å². The van der Waals surface area contributed by atoms with Gasteiger partial charge in [0.15, 0.2) is 5.78 Å². The Balaban J connectivity index is 2.54. The minimum Gasteiger partial charge on any atom is -0.375 e. The Labute approximate surface area is 87.0 Å². The second kappa shape index (κ2) is 5.18. The molecule has 0 N–H and O–H groups in total. The zero-order valence-electron chi connectivity index (χ0n) is 9.55. The third-order valence-electron chi connectivity index (χ3n) is 2.97. The molecule has 1 aliphatic rings. The lowest BCUT2D eigenvalue weighted by Gasteiger charge is -2.26. The molecule has 14 heavy (non-hydrogen) atoms. The highest BCUT2D eigenvalue weighted by Crippen LogP contribution is 2.20. The summed E-state index contributed by atoms with van der Waals surface area (Å²) in [6.07, 6.45) is 4.69. The molecule has 1 rings (SSSR count). The molecule has 80 valence electrons. The molecule has 0 fully saturated rings. The average Bonchev–Trinajstić information content (AvgIpc) is 2.60. The van der Waals surface area contributed by atoms with Gasteiger partial charge in [-0.15, -0.1) is 0 Å². The van der Waals surface area contributed by atoms with E-state index in [1.54, 1.807) is 0 Å². The Kier molecular flexibility index (Phi) is 4.18. The van der Waals surface area contributed by atoms with E-state index in [1.807, 2.05) is 6.08 Å². The van der Waals surface area contributed by atoms with Crippen LogP contribution in [0.3, 0.4) is 0 Å². The third-order valence-corrected chi connectivity index (χ3v) is 2.97. The number of rotatable bonds is 5. The summed E-state index contributed by atoms with van der Waals surface area (Å²) in [5.41, 5.74) is 1.25. The van der Waals surface area contributed by atoms with Crippen molar-refractivity contribution in [2.75, 3.05) is 13.1 Å². The highest BCUT2D eigenvalue weighted by atomic mass is 16.1. The van der Waals surface area contributed by atoms with Gasteiger partial charge < -0.3 is 4.90 Å². The molecule has 0 saturated carbocycles. The van der Waals surface area contributed by atoms with E-state index in [-0.39, 0.29) is 0 Å². The number of carbonyl (C=O) groups is 1.